The van der Waals surface area contributed by atoms with E-state index in [1.165, 1.54) is 210 Å². The van der Waals surface area contributed by atoms with Crippen LogP contribution in [0.2, 0.25) is 10.0 Å². The molecule has 0 amide bonds. The fourth-order valence-corrected chi connectivity index (χ4v) is 24.3. The minimum Gasteiger partial charge on any atom is -0.670 e. The van der Waals surface area contributed by atoms with Gasteiger partial charge in [0.15, 0.2) is 0 Å². The number of fused-ring (bicyclic) bond motifs is 9. The molecule has 7 aromatic rings. The SMILES string of the molecule is C1=C\CCc2cc3c(o2)[C@@H]2N4CCCC/C=C\[C@H]4C[C@@]24CN(CCCC/1)CC[C@@H]34.C=CCCCCN1[C@H]2c3oc4cc3[C@@H]3CCN(CCCC/C=C\CC4)C[C@]23C[C@@H]1C=C.CC(C)(C)[CH]=[W]=[N]c1c(Cl)cccc1Cl.CC(C)c1cc(C(C)C)c(-c2cccc(-c3c(C(C)C)cc(C(C)C)cc3C(C)C)c2O)c(C(C)C)c1.c1cc[n-]c1. The van der Waals surface area contributed by atoms with Crippen LogP contribution in [0.25, 0.3) is 22.3 Å². The van der Waals surface area contributed by atoms with Gasteiger partial charge >= 0.3 is 109 Å². The van der Waals surface area contributed by atoms with Crippen molar-refractivity contribution < 1.29 is 31.9 Å². The smallest absolute Gasteiger partial charge is 0.131 e. The van der Waals surface area contributed by atoms with Crippen LogP contribution in [0.3, 0.4) is 0 Å². The molecule has 2 unspecified atom stereocenters. The Morgan fingerprint density at radius 3 is 1.50 bits per heavy atom. The van der Waals surface area contributed by atoms with Gasteiger partial charge in [0.05, 0.1) is 12.1 Å². The quantitative estimate of drug-likeness (QED) is 0.0803. The molecule has 9 nitrogen and oxygen atoms in total. The molecule has 0 saturated carbocycles. The van der Waals surface area contributed by atoms with E-state index in [4.69, 9.17) is 32.0 Å². The van der Waals surface area contributed by atoms with Crippen LogP contribution >= 0.6 is 23.2 Å². The van der Waals surface area contributed by atoms with E-state index < -0.39 is 17.9 Å². The van der Waals surface area contributed by atoms with Crippen molar-refractivity contribution in [3.8, 4) is 28.0 Å². The van der Waals surface area contributed by atoms with Crippen molar-refractivity contribution in [3.63, 3.8) is 0 Å². The minimum atomic E-state index is -0.850. The van der Waals surface area contributed by atoms with Crippen LogP contribution in [0.4, 0.5) is 5.69 Å². The number of benzene rings is 4. The summed E-state index contributed by atoms with van der Waals surface area (Å²) < 4.78 is 20.2. The number of para-hydroxylation sites is 1. The topological polar surface area (TPSA) is 85.9 Å². The normalized spacial score (nSPS) is 25.6. The van der Waals surface area contributed by atoms with Crippen molar-refractivity contribution in [1.82, 2.24) is 24.6 Å². The number of phenolic OH excluding ortho intramolecular Hbond substituents is 1. The first-order valence-electron chi connectivity index (χ1n) is 45.5. The van der Waals surface area contributed by atoms with Crippen LogP contribution in [0.5, 0.6) is 5.75 Å². The fourth-order valence-electron chi connectivity index (χ4n) is 21.0. The number of nitrogens with zero attached hydrogens (tertiary/aromatic N) is 6. The molecule has 4 saturated heterocycles. The zero-order valence-corrected chi connectivity index (χ0v) is 78.6. The molecule has 0 radical (unpaired) electrons. The number of halogens is 2. The largest absolute Gasteiger partial charge is 0.670 e. The van der Waals surface area contributed by atoms with Crippen molar-refractivity contribution >= 4 is 33.3 Å². The summed E-state index contributed by atoms with van der Waals surface area (Å²) in [5.74, 6) is 9.24. The predicted octanol–water partition coefficient (Wildman–Crippen LogP) is 28.8. The molecule has 2 spiro atoms. The van der Waals surface area contributed by atoms with Crippen molar-refractivity contribution in [2.75, 3.05) is 52.4 Å². The Kier molecular flexibility index (Phi) is 31.8. The van der Waals surface area contributed by atoms with Crippen molar-refractivity contribution in [1.29, 1.82) is 0 Å². The summed E-state index contributed by atoms with van der Waals surface area (Å²) in [6.07, 6.45) is 47.1. The Morgan fingerprint density at radius 2 is 1.03 bits per heavy atom. The Labute approximate surface area is 725 Å². The maximum absolute atomic E-state index is 12.1. The number of aryl methyl sites for hydroxylation is 2. The Bertz CT molecular complexity index is 4400. The molecule has 1 N–H and O–H groups in total. The van der Waals surface area contributed by atoms with E-state index in [1.807, 2.05) is 30.3 Å². The van der Waals surface area contributed by atoms with Gasteiger partial charge in [-0.05, 0) is 270 Å². The number of unbranched alkanes of at least 4 members (excludes halogenated alkanes) is 2. The van der Waals surface area contributed by atoms with Crippen LogP contribution < -0.4 is 4.98 Å². The predicted molar refractivity (Wildman–Crippen MR) is 493 cm³/mol. The summed E-state index contributed by atoms with van der Waals surface area (Å²) >= 11 is 11.2. The summed E-state index contributed by atoms with van der Waals surface area (Å²) in [7, 11) is 0. The number of piperidine rings is 2. The molecule has 3 aromatic heterocycles. The van der Waals surface area contributed by atoms with E-state index in [1.54, 1.807) is 23.5 Å². The first-order valence-corrected chi connectivity index (χ1v) is 49.3. The zero-order valence-electron chi connectivity index (χ0n) is 74.2. The second-order valence-corrected chi connectivity index (χ2v) is 41.5. The number of aromatic nitrogens is 1. The zero-order chi connectivity index (χ0) is 83.3. The molecule has 2 aliphatic carbocycles. The van der Waals surface area contributed by atoms with Crippen molar-refractivity contribution in [2.24, 2.45) is 19.7 Å². The molecule has 4 fully saturated rings. The van der Waals surface area contributed by atoms with Gasteiger partial charge < -0.3 is 28.7 Å². The molecule has 117 heavy (non-hydrogen) atoms. The molecule has 12 heteroatoms. The van der Waals surface area contributed by atoms with E-state index in [0.29, 0.717) is 98.1 Å². The molecule has 10 aliphatic heterocycles. The number of allylic oxidation sites excluding steroid dienone is 6. The molecular formula is C105H143Cl2N6O3W-. The van der Waals surface area contributed by atoms with Crippen LogP contribution in [-0.2, 0) is 30.8 Å². The maximum Gasteiger partial charge on any atom is 0.131 e. The van der Waals surface area contributed by atoms with Gasteiger partial charge in [-0.2, -0.15) is 12.4 Å². The minimum absolute atomic E-state index is 0.238. The summed E-state index contributed by atoms with van der Waals surface area (Å²) in [6, 6.07) is 32.1. The van der Waals surface area contributed by atoms with Gasteiger partial charge in [0.25, 0.3) is 0 Å². The first-order chi connectivity index (χ1) is 56.3. The molecule has 12 bridgehead atoms. The van der Waals surface area contributed by atoms with Crippen molar-refractivity contribution in [2.45, 2.75) is 304 Å². The van der Waals surface area contributed by atoms with E-state index in [9.17, 15) is 5.11 Å². The second kappa shape index (κ2) is 41.2. The molecular weight excluding hydrogens is 1650 g/mol. The van der Waals surface area contributed by atoms with E-state index in [-0.39, 0.29) is 5.41 Å². The standard InChI is InChI=1S/C36H50O.C28H40N2O.C26H36N2O.C6H3Cl2N.C5H10.C4H4N.W/c1-20(2)26-16-30(22(5)6)34(31(17-26)23(7)8)28-14-13-15-29(36(28)37)35-32(24(9)10)18-27(21(3)4)19-33(35)25(11)12;1-3-5-6-13-17-30-22(4-2)20-28-21-29-16-12-10-8-7-9-11-14-23-19-24(25(28)15-18-29)26(31-23)27(28)30;1-2-5-9-14-27-16-13-23-22-17-21(12-8-3-1)29-24(22)25-26(23,19-27)18-20-11-7-4-6-10-15-28(20)25;7-4-2-1-3-5(8)6(4)9;1-5(2,3)4;1-2-4-5-3-1;/h13-25,37H,1-12H3;3-4,7,9,19,22,25,27H,1-2,5-6,8,10-18,20-21H2;1,3,7,11,17,20,23,25H,2,4-6,8-10,12-16,18-19H2;1-3H;1H,2-4H3;1-4H;/q;;;;;-1;/b;9-7-;3-1-,11-7-;;;;/t;22-,25-,27-,28-;20-,23-,25-,26-;;;;/m.00..../s1. The van der Waals surface area contributed by atoms with Gasteiger partial charge in [-0.25, -0.2) is 0 Å². The van der Waals surface area contributed by atoms with Gasteiger partial charge in [-0.3, -0.25) is 9.80 Å². The number of hydrogen-bond donors (Lipinski definition) is 1. The summed E-state index contributed by atoms with van der Waals surface area (Å²) in [6.45, 7) is 51.9. The number of hydrogen-bond acceptors (Lipinski definition) is 8. The summed E-state index contributed by atoms with van der Waals surface area (Å²) in [5.41, 5.74) is 17.2. The molecule has 12 aliphatic rings. The molecule has 13 heterocycles. The van der Waals surface area contributed by atoms with Gasteiger partial charge in [-0.1, -0.05) is 186 Å². The average molecular weight is 1790 g/mol. The average Bonchev–Trinajstić information content (AvgIpc) is 1.53. The number of rotatable bonds is 15. The fraction of sp³-hybridized carbons (Fsp3) is 0.552. The van der Waals surface area contributed by atoms with Gasteiger partial charge in [-0.15, -0.1) is 13.2 Å². The van der Waals surface area contributed by atoms with Crippen LogP contribution in [0.15, 0.2) is 171 Å². The molecule has 10 atom stereocenters. The van der Waals surface area contributed by atoms with E-state index >= 15 is 0 Å². The third kappa shape index (κ3) is 21.0. The van der Waals surface area contributed by atoms with Crippen molar-refractivity contribution in [3.05, 3.63) is 237 Å². The maximum atomic E-state index is 12.1. The van der Waals surface area contributed by atoms with Crippen LogP contribution in [-0.4, -0.2) is 93.5 Å². The van der Waals surface area contributed by atoms with Gasteiger partial charge in [0.2, 0.25) is 0 Å². The second-order valence-electron chi connectivity index (χ2n) is 38.4. The summed E-state index contributed by atoms with van der Waals surface area (Å²) in [5, 5.41) is 13.4. The molecule has 4 aromatic carbocycles. The monoisotopic (exact) mass is 1790 g/mol. The third-order valence-corrected chi connectivity index (χ3v) is 31.3. The molecule has 632 valence electrons. The van der Waals surface area contributed by atoms with Crippen LogP contribution in [0.1, 0.15) is 346 Å². The number of phenols is 1. The molecule has 19 rings (SSSR count). The van der Waals surface area contributed by atoms with E-state index in [2.05, 4.69) is 253 Å². The Hall–Kier alpha value is -6.00. The number of likely N-dealkylation sites (tertiary alicyclic amines) is 1. The first kappa shape index (κ1) is 90.2. The van der Waals surface area contributed by atoms with Gasteiger partial charge in [0.1, 0.15) is 28.8 Å². The van der Waals surface area contributed by atoms with Gasteiger partial charge in [0, 0.05) is 60.0 Å². The number of furan rings is 2. The third-order valence-electron chi connectivity index (χ3n) is 26.8. The number of aromatic hydroxyl groups is 1. The summed E-state index contributed by atoms with van der Waals surface area (Å²) in [4.78, 5) is 14.9. The Balaban J connectivity index is 0.000000145. The Morgan fingerprint density at radius 1 is 0.564 bits per heavy atom. The van der Waals surface area contributed by atoms with E-state index in [0.717, 1.165) is 55.5 Å². The van der Waals surface area contributed by atoms with Crippen LogP contribution in [0, 0.1) is 16.2 Å².